The van der Waals surface area contributed by atoms with Gasteiger partial charge >= 0.3 is 0 Å². The molecule has 0 aliphatic carbocycles. The van der Waals surface area contributed by atoms with Gasteiger partial charge in [0.1, 0.15) is 0 Å². The molecule has 1 rings (SSSR count). The zero-order chi connectivity index (χ0) is 14.8. The van der Waals surface area contributed by atoms with Crippen molar-refractivity contribution in [2.75, 3.05) is 20.3 Å². The smallest absolute Gasteiger partial charge is 0.223 e. The van der Waals surface area contributed by atoms with E-state index in [4.69, 9.17) is 4.74 Å². The van der Waals surface area contributed by atoms with E-state index in [2.05, 4.69) is 26.0 Å². The third-order valence-corrected chi connectivity index (χ3v) is 3.71. The van der Waals surface area contributed by atoms with Crippen molar-refractivity contribution >= 4 is 5.91 Å². The van der Waals surface area contributed by atoms with Gasteiger partial charge in [-0.1, -0.05) is 44.2 Å². The summed E-state index contributed by atoms with van der Waals surface area (Å²) in [5, 5.41) is 0. The molecule has 1 aromatic carbocycles. The topological polar surface area (TPSA) is 29.5 Å². The fourth-order valence-corrected chi connectivity index (χ4v) is 2.47. The van der Waals surface area contributed by atoms with Gasteiger partial charge in [0.05, 0.1) is 6.61 Å². The van der Waals surface area contributed by atoms with Crippen LogP contribution in [0, 0.1) is 0 Å². The van der Waals surface area contributed by atoms with E-state index in [-0.39, 0.29) is 5.91 Å². The molecule has 0 fully saturated rings. The van der Waals surface area contributed by atoms with Gasteiger partial charge in [-0.05, 0) is 24.8 Å². The van der Waals surface area contributed by atoms with Crippen molar-refractivity contribution in [3.05, 3.63) is 35.9 Å². The van der Waals surface area contributed by atoms with E-state index >= 15 is 0 Å². The van der Waals surface area contributed by atoms with Crippen LogP contribution >= 0.6 is 0 Å². The third-order valence-electron chi connectivity index (χ3n) is 3.71. The molecular formula is C17H27NO2. The first-order valence-electron chi connectivity index (χ1n) is 7.55. The molecule has 0 unspecified atom stereocenters. The minimum Gasteiger partial charge on any atom is -0.383 e. The van der Waals surface area contributed by atoms with Crippen LogP contribution in [-0.4, -0.2) is 37.1 Å². The number of carbonyl (C=O) groups is 1. The predicted octanol–water partition coefficient (Wildman–Crippen LogP) is 3.28. The van der Waals surface area contributed by atoms with Crippen LogP contribution in [-0.2, 0) is 16.0 Å². The van der Waals surface area contributed by atoms with E-state index in [0.29, 0.717) is 25.6 Å². The number of nitrogens with zero attached hydrogens (tertiary/aromatic N) is 1. The van der Waals surface area contributed by atoms with Crippen LogP contribution in [0.25, 0.3) is 0 Å². The van der Waals surface area contributed by atoms with Gasteiger partial charge in [0.25, 0.3) is 0 Å². The van der Waals surface area contributed by atoms with Crippen LogP contribution < -0.4 is 0 Å². The van der Waals surface area contributed by atoms with Gasteiger partial charge in [0.2, 0.25) is 5.91 Å². The van der Waals surface area contributed by atoms with Gasteiger partial charge in [-0.3, -0.25) is 4.79 Å². The standard InChI is InChI=1S/C17H27NO2/c1-4-16(5-2)18(13-14-20-3)17(19)12-11-15-9-7-6-8-10-15/h6-10,16H,4-5,11-14H2,1-3H3. The molecule has 0 saturated heterocycles. The Hall–Kier alpha value is -1.35. The lowest BCUT2D eigenvalue weighted by Gasteiger charge is -2.30. The lowest BCUT2D eigenvalue weighted by atomic mass is 10.1. The summed E-state index contributed by atoms with van der Waals surface area (Å²) in [6, 6.07) is 10.5. The number of aryl methyl sites for hydroxylation is 1. The molecule has 0 saturated carbocycles. The molecule has 1 amide bonds. The van der Waals surface area contributed by atoms with Crippen molar-refractivity contribution in [3.8, 4) is 0 Å². The number of benzene rings is 1. The summed E-state index contributed by atoms with van der Waals surface area (Å²) in [6.07, 6.45) is 3.38. The molecule has 20 heavy (non-hydrogen) atoms. The maximum Gasteiger partial charge on any atom is 0.223 e. The number of hydrogen-bond acceptors (Lipinski definition) is 2. The molecular weight excluding hydrogens is 250 g/mol. The van der Waals surface area contributed by atoms with Gasteiger partial charge in [0.15, 0.2) is 0 Å². The van der Waals surface area contributed by atoms with E-state index < -0.39 is 0 Å². The van der Waals surface area contributed by atoms with Crippen LogP contribution in [0.15, 0.2) is 30.3 Å². The Bertz CT molecular complexity index is 374. The van der Waals surface area contributed by atoms with Crippen LogP contribution in [0.4, 0.5) is 0 Å². The summed E-state index contributed by atoms with van der Waals surface area (Å²) >= 11 is 0. The molecule has 0 spiro atoms. The van der Waals surface area contributed by atoms with Gasteiger partial charge < -0.3 is 9.64 Å². The zero-order valence-electron chi connectivity index (χ0n) is 13.0. The number of methoxy groups -OCH3 is 1. The van der Waals surface area contributed by atoms with Crippen LogP contribution in [0.2, 0.25) is 0 Å². The van der Waals surface area contributed by atoms with Crippen LogP contribution in [0.1, 0.15) is 38.7 Å². The first-order chi connectivity index (χ1) is 9.72. The highest BCUT2D eigenvalue weighted by Gasteiger charge is 2.20. The second kappa shape index (κ2) is 9.54. The lowest BCUT2D eigenvalue weighted by Crippen LogP contribution is -2.41. The average molecular weight is 277 g/mol. The SMILES string of the molecule is CCC(CC)N(CCOC)C(=O)CCc1ccccc1. The van der Waals surface area contributed by atoms with Gasteiger partial charge in [0, 0.05) is 26.1 Å². The first kappa shape index (κ1) is 16.7. The van der Waals surface area contributed by atoms with Gasteiger partial charge in [-0.15, -0.1) is 0 Å². The molecule has 112 valence electrons. The van der Waals surface area contributed by atoms with Gasteiger partial charge in [-0.25, -0.2) is 0 Å². The molecule has 0 aromatic heterocycles. The van der Waals surface area contributed by atoms with Crippen LogP contribution in [0.3, 0.4) is 0 Å². The molecule has 3 nitrogen and oxygen atoms in total. The van der Waals surface area contributed by atoms with Crippen molar-refractivity contribution in [2.24, 2.45) is 0 Å². The van der Waals surface area contributed by atoms with E-state index in [1.165, 1.54) is 5.56 Å². The number of ether oxygens (including phenoxy) is 1. The van der Waals surface area contributed by atoms with Crippen molar-refractivity contribution in [1.82, 2.24) is 4.90 Å². The summed E-state index contributed by atoms with van der Waals surface area (Å²) in [5.74, 6) is 0.236. The summed E-state index contributed by atoms with van der Waals surface area (Å²) in [7, 11) is 1.68. The predicted molar refractivity (Wildman–Crippen MR) is 82.7 cm³/mol. The normalized spacial score (nSPS) is 10.8. The van der Waals surface area contributed by atoms with Crippen molar-refractivity contribution in [1.29, 1.82) is 0 Å². The van der Waals surface area contributed by atoms with Crippen molar-refractivity contribution < 1.29 is 9.53 Å². The highest BCUT2D eigenvalue weighted by molar-refractivity contribution is 5.76. The fraction of sp³-hybridized carbons (Fsp3) is 0.588. The lowest BCUT2D eigenvalue weighted by molar-refractivity contribution is -0.134. The fourth-order valence-electron chi connectivity index (χ4n) is 2.47. The molecule has 0 heterocycles. The average Bonchev–Trinajstić information content (AvgIpc) is 2.50. The number of rotatable bonds is 9. The Balaban J connectivity index is 2.58. The highest BCUT2D eigenvalue weighted by Crippen LogP contribution is 2.12. The molecule has 1 aromatic rings. The number of hydrogen-bond donors (Lipinski definition) is 0. The highest BCUT2D eigenvalue weighted by atomic mass is 16.5. The maximum atomic E-state index is 12.5. The monoisotopic (exact) mass is 277 g/mol. The Kier molecular flexibility index (Phi) is 7.97. The van der Waals surface area contributed by atoms with E-state index in [1.54, 1.807) is 7.11 Å². The zero-order valence-corrected chi connectivity index (χ0v) is 13.0. The maximum absolute atomic E-state index is 12.5. The van der Waals surface area contributed by atoms with Gasteiger partial charge in [-0.2, -0.15) is 0 Å². The second-order valence-corrected chi connectivity index (χ2v) is 5.04. The first-order valence-corrected chi connectivity index (χ1v) is 7.55. The van der Waals surface area contributed by atoms with E-state index in [9.17, 15) is 4.79 Å². The van der Waals surface area contributed by atoms with Crippen LogP contribution in [0.5, 0.6) is 0 Å². The molecule has 0 aliphatic rings. The largest absolute Gasteiger partial charge is 0.383 e. The Labute approximate surface area is 122 Å². The Morgan fingerprint density at radius 1 is 1.20 bits per heavy atom. The third kappa shape index (κ3) is 5.33. The summed E-state index contributed by atoms with van der Waals surface area (Å²) in [6.45, 7) is 5.57. The minimum atomic E-state index is 0.236. The van der Waals surface area contributed by atoms with Crippen molar-refractivity contribution in [3.63, 3.8) is 0 Å². The molecule has 0 N–H and O–H groups in total. The molecule has 0 atom stereocenters. The molecule has 0 aliphatic heterocycles. The summed E-state index contributed by atoms with van der Waals surface area (Å²) in [4.78, 5) is 14.4. The quantitative estimate of drug-likeness (QED) is 0.693. The minimum absolute atomic E-state index is 0.236. The molecule has 0 bridgehead atoms. The van der Waals surface area contributed by atoms with Crippen molar-refractivity contribution in [2.45, 2.75) is 45.6 Å². The number of amides is 1. The van der Waals surface area contributed by atoms with E-state index in [1.807, 2.05) is 23.1 Å². The molecule has 3 heteroatoms. The summed E-state index contributed by atoms with van der Waals surface area (Å²) < 4.78 is 5.13. The Morgan fingerprint density at radius 2 is 1.85 bits per heavy atom. The number of carbonyl (C=O) groups excluding carboxylic acids is 1. The second-order valence-electron chi connectivity index (χ2n) is 5.04. The van der Waals surface area contributed by atoms with E-state index in [0.717, 1.165) is 19.3 Å². The Morgan fingerprint density at radius 3 is 2.40 bits per heavy atom. The summed E-state index contributed by atoms with van der Waals surface area (Å²) in [5.41, 5.74) is 1.22. The molecule has 0 radical (unpaired) electrons.